The van der Waals surface area contributed by atoms with Gasteiger partial charge in [0.25, 0.3) is 0 Å². The van der Waals surface area contributed by atoms with Crippen LogP contribution in [0.1, 0.15) is 32.6 Å². The Labute approximate surface area is 132 Å². The van der Waals surface area contributed by atoms with Gasteiger partial charge >= 0.3 is 11.9 Å². The monoisotopic (exact) mass is 310 g/mol. The molecule has 2 bridgehead atoms. The molecule has 124 valence electrons. The highest BCUT2D eigenvalue weighted by Gasteiger charge is 2.64. The first-order valence-corrected chi connectivity index (χ1v) is 8.62. The minimum absolute atomic E-state index is 0.0798. The van der Waals surface area contributed by atoms with Crippen LogP contribution in [-0.2, 0) is 19.1 Å². The molecule has 0 unspecified atom stereocenters. The molecule has 0 aromatic heterocycles. The number of fused-ring (bicyclic) bond motifs is 1. The Balaban J connectivity index is 1.50. The average Bonchev–Trinajstić information content (AvgIpc) is 3.06. The van der Waals surface area contributed by atoms with Crippen LogP contribution in [-0.4, -0.2) is 56.3 Å². The number of ether oxygens (including phenoxy) is 2. The normalized spacial score (nSPS) is 35.8. The Hall–Kier alpha value is -1.10. The molecular weight excluding hydrogens is 282 g/mol. The molecule has 3 fully saturated rings. The smallest absolute Gasteiger partial charge is 0.310 e. The lowest BCUT2D eigenvalue weighted by Crippen LogP contribution is -2.44. The molecule has 0 N–H and O–H groups in total. The van der Waals surface area contributed by atoms with Crippen molar-refractivity contribution in [3.63, 3.8) is 0 Å². The number of quaternary nitrogens is 1. The van der Waals surface area contributed by atoms with E-state index in [-0.39, 0.29) is 35.8 Å². The fourth-order valence-corrected chi connectivity index (χ4v) is 4.51. The number of unbranched alkanes of at least 4 members (excludes halogenated alkanes) is 1. The molecule has 5 atom stereocenters. The molecule has 5 heteroatoms. The molecule has 0 spiro atoms. The second kappa shape index (κ2) is 5.84. The molecule has 3 rings (SSSR count). The summed E-state index contributed by atoms with van der Waals surface area (Å²) in [4.78, 5) is 24.4. The van der Waals surface area contributed by atoms with Gasteiger partial charge in [0, 0.05) is 5.92 Å². The predicted molar refractivity (Wildman–Crippen MR) is 80.8 cm³/mol. The van der Waals surface area contributed by atoms with Crippen molar-refractivity contribution in [1.29, 1.82) is 0 Å². The molecule has 0 amide bonds. The van der Waals surface area contributed by atoms with Crippen molar-refractivity contribution >= 4 is 11.9 Å². The van der Waals surface area contributed by atoms with Gasteiger partial charge in [0.05, 0.1) is 32.5 Å². The fourth-order valence-electron chi connectivity index (χ4n) is 4.51. The highest BCUT2D eigenvalue weighted by Crippen LogP contribution is 2.57. The highest BCUT2D eigenvalue weighted by atomic mass is 16.6. The summed E-state index contributed by atoms with van der Waals surface area (Å²) >= 11 is 0. The van der Waals surface area contributed by atoms with E-state index in [4.69, 9.17) is 9.47 Å². The van der Waals surface area contributed by atoms with Crippen LogP contribution in [0.4, 0.5) is 0 Å². The van der Waals surface area contributed by atoms with Crippen LogP contribution in [0.3, 0.4) is 0 Å². The van der Waals surface area contributed by atoms with E-state index < -0.39 is 0 Å². The first-order valence-electron chi connectivity index (χ1n) is 8.62. The summed E-state index contributed by atoms with van der Waals surface area (Å²) in [6.07, 6.45) is 4.25. The summed E-state index contributed by atoms with van der Waals surface area (Å²) in [5.74, 6) is -0.254. The third-order valence-electron chi connectivity index (χ3n) is 5.81. The molecule has 3 aliphatic rings. The van der Waals surface area contributed by atoms with E-state index in [1.807, 2.05) is 0 Å². The lowest BCUT2D eigenvalue weighted by Gasteiger charge is -2.30. The maximum Gasteiger partial charge on any atom is 0.310 e. The number of carbonyl (C=O) groups excluding carboxylic acids is 2. The van der Waals surface area contributed by atoms with Gasteiger partial charge in [0.1, 0.15) is 19.3 Å². The van der Waals surface area contributed by atoms with E-state index in [1.54, 1.807) is 0 Å². The second-order valence-electron chi connectivity index (χ2n) is 7.83. The Morgan fingerprint density at radius 1 is 1.32 bits per heavy atom. The summed E-state index contributed by atoms with van der Waals surface area (Å²) in [6, 6.07) is 0. The van der Waals surface area contributed by atoms with Crippen molar-refractivity contribution in [2.45, 2.75) is 38.7 Å². The van der Waals surface area contributed by atoms with Crippen LogP contribution in [0.5, 0.6) is 0 Å². The lowest BCUT2D eigenvalue weighted by molar-refractivity contribution is -0.890. The Bertz CT molecular complexity index is 460. The first-order chi connectivity index (χ1) is 10.4. The molecule has 0 radical (unpaired) electrons. The van der Waals surface area contributed by atoms with Crippen LogP contribution >= 0.6 is 0 Å². The minimum atomic E-state index is -0.248. The van der Waals surface area contributed by atoms with Crippen molar-refractivity contribution in [3.8, 4) is 0 Å². The molecule has 22 heavy (non-hydrogen) atoms. The summed E-state index contributed by atoms with van der Waals surface area (Å²) in [5.41, 5.74) is 0. The van der Waals surface area contributed by atoms with Crippen LogP contribution in [0.15, 0.2) is 0 Å². The second-order valence-corrected chi connectivity index (χ2v) is 7.83. The quantitative estimate of drug-likeness (QED) is 0.529. The van der Waals surface area contributed by atoms with Crippen molar-refractivity contribution < 1.29 is 23.5 Å². The van der Waals surface area contributed by atoms with Crippen molar-refractivity contribution in [2.24, 2.45) is 23.7 Å². The largest absolute Gasteiger partial charge is 0.462 e. The van der Waals surface area contributed by atoms with Gasteiger partial charge in [-0.2, -0.15) is 0 Å². The molecule has 1 heterocycles. The summed E-state index contributed by atoms with van der Waals surface area (Å²) in [7, 11) is 4.33. The van der Waals surface area contributed by atoms with Gasteiger partial charge < -0.3 is 14.0 Å². The van der Waals surface area contributed by atoms with E-state index in [9.17, 15) is 9.59 Å². The zero-order valence-electron chi connectivity index (χ0n) is 13.9. The number of esters is 2. The van der Waals surface area contributed by atoms with Gasteiger partial charge in [0.2, 0.25) is 0 Å². The number of hydrogen-bond acceptors (Lipinski definition) is 4. The summed E-state index contributed by atoms with van der Waals surface area (Å²) < 4.78 is 11.8. The van der Waals surface area contributed by atoms with E-state index in [0.717, 1.165) is 30.4 Å². The van der Waals surface area contributed by atoms with Crippen molar-refractivity contribution in [3.05, 3.63) is 0 Å². The number of nitrogens with zero attached hydrogens (tertiary/aromatic N) is 1. The Morgan fingerprint density at radius 2 is 2.09 bits per heavy atom. The van der Waals surface area contributed by atoms with Crippen molar-refractivity contribution in [1.82, 2.24) is 0 Å². The molecule has 5 nitrogen and oxygen atoms in total. The van der Waals surface area contributed by atoms with Gasteiger partial charge in [-0.25, -0.2) is 0 Å². The van der Waals surface area contributed by atoms with Gasteiger partial charge in [0.15, 0.2) is 0 Å². The third kappa shape index (κ3) is 2.75. The van der Waals surface area contributed by atoms with Crippen LogP contribution in [0, 0.1) is 23.7 Å². The Kier molecular flexibility index (Phi) is 4.19. The summed E-state index contributed by atoms with van der Waals surface area (Å²) in [6.45, 7) is 4.54. The van der Waals surface area contributed by atoms with E-state index in [1.165, 1.54) is 12.8 Å². The summed E-state index contributed by atoms with van der Waals surface area (Å²) in [5, 5.41) is 0. The first kappa shape index (κ1) is 15.8. The van der Waals surface area contributed by atoms with E-state index >= 15 is 0 Å². The van der Waals surface area contributed by atoms with Gasteiger partial charge in [-0.1, -0.05) is 13.3 Å². The zero-order valence-corrected chi connectivity index (χ0v) is 13.9. The van der Waals surface area contributed by atoms with E-state index in [2.05, 4.69) is 21.0 Å². The number of hydrogen-bond donors (Lipinski definition) is 0. The number of likely N-dealkylation sites (N-methyl/N-ethyl adjacent to an activating group) is 1. The molecule has 1 aliphatic heterocycles. The average molecular weight is 310 g/mol. The van der Waals surface area contributed by atoms with Crippen molar-refractivity contribution in [2.75, 3.05) is 33.8 Å². The van der Waals surface area contributed by atoms with Crippen LogP contribution < -0.4 is 0 Å². The maximum atomic E-state index is 12.4. The lowest BCUT2D eigenvalue weighted by atomic mass is 9.80. The standard InChI is InChI=1S/C17H28NO4/c1-4-5-6-18(2,3)7-8-21-16(19)14-11-9-12-13(10-11)22-17(20)15(12)14/h11-15H,4-10H2,1-3H3/q+1/t11-,12-,13+,14-,15-/m0/s1. The molecular formula is C17H28NO4+. The van der Waals surface area contributed by atoms with Gasteiger partial charge in [-0.15, -0.1) is 0 Å². The minimum Gasteiger partial charge on any atom is -0.462 e. The predicted octanol–water partition coefficient (Wildman–Crippen LogP) is 1.60. The number of rotatable bonds is 7. The van der Waals surface area contributed by atoms with Gasteiger partial charge in [-0.3, -0.25) is 9.59 Å². The number of carbonyl (C=O) groups is 2. The topological polar surface area (TPSA) is 52.6 Å². The van der Waals surface area contributed by atoms with Crippen LogP contribution in [0.2, 0.25) is 0 Å². The van der Waals surface area contributed by atoms with Crippen LogP contribution in [0.25, 0.3) is 0 Å². The van der Waals surface area contributed by atoms with E-state index in [0.29, 0.717) is 12.5 Å². The zero-order chi connectivity index (χ0) is 15.9. The molecule has 0 aromatic rings. The Morgan fingerprint density at radius 3 is 2.82 bits per heavy atom. The van der Waals surface area contributed by atoms with Gasteiger partial charge in [-0.05, 0) is 25.2 Å². The molecule has 0 aromatic carbocycles. The SMILES string of the molecule is CCCC[N+](C)(C)CCOC(=O)[C@H]1[C@H]2C[C@@H]3[C@@H]1C(=O)O[C@@H]3C2. The molecule has 2 saturated carbocycles. The maximum absolute atomic E-state index is 12.4. The third-order valence-corrected chi connectivity index (χ3v) is 5.81. The fraction of sp³-hybridized carbons (Fsp3) is 0.882. The highest BCUT2D eigenvalue weighted by molar-refractivity contribution is 5.85. The molecule has 1 saturated heterocycles. The molecule has 2 aliphatic carbocycles.